The van der Waals surface area contributed by atoms with Gasteiger partial charge in [0.2, 0.25) is 0 Å². The first-order chi connectivity index (χ1) is 9.16. The lowest BCUT2D eigenvalue weighted by Crippen LogP contribution is -2.24. The van der Waals surface area contributed by atoms with Crippen LogP contribution in [0.25, 0.3) is 0 Å². The van der Waals surface area contributed by atoms with Gasteiger partial charge in [0, 0.05) is 30.8 Å². The van der Waals surface area contributed by atoms with E-state index >= 15 is 0 Å². The minimum Gasteiger partial charge on any atom is -0.481 e. The van der Waals surface area contributed by atoms with E-state index in [-0.39, 0.29) is 12.3 Å². The number of carbonyl (C=O) groups is 2. The summed E-state index contributed by atoms with van der Waals surface area (Å²) in [5.41, 5.74) is 2.93. The maximum absolute atomic E-state index is 11.9. The average molecular weight is 262 g/mol. The van der Waals surface area contributed by atoms with Gasteiger partial charge in [-0.1, -0.05) is 6.07 Å². The maximum atomic E-state index is 11.9. The number of carboxylic acids is 1. The number of benzene rings is 1. The van der Waals surface area contributed by atoms with E-state index in [1.807, 2.05) is 18.2 Å². The van der Waals surface area contributed by atoms with Gasteiger partial charge in [-0.3, -0.25) is 9.59 Å². The van der Waals surface area contributed by atoms with Gasteiger partial charge in [0.25, 0.3) is 5.91 Å². The van der Waals surface area contributed by atoms with Gasteiger partial charge in [-0.05, 0) is 37.0 Å². The highest BCUT2D eigenvalue weighted by atomic mass is 16.4. The summed E-state index contributed by atoms with van der Waals surface area (Å²) in [4.78, 5) is 22.2. The summed E-state index contributed by atoms with van der Waals surface area (Å²) >= 11 is 0. The van der Waals surface area contributed by atoms with Crippen molar-refractivity contribution >= 4 is 17.6 Å². The molecule has 0 fully saturated rings. The number of hydrogen-bond donors (Lipinski definition) is 3. The van der Waals surface area contributed by atoms with E-state index < -0.39 is 5.97 Å². The molecular formula is C14H18N2O3. The predicted molar refractivity (Wildman–Crippen MR) is 72.5 cm³/mol. The van der Waals surface area contributed by atoms with Crippen molar-refractivity contribution in [2.75, 3.05) is 18.4 Å². The molecule has 0 spiro atoms. The highest BCUT2D eigenvalue weighted by Crippen LogP contribution is 2.23. The molecule has 5 heteroatoms. The molecule has 1 heterocycles. The third-order valence-corrected chi connectivity index (χ3v) is 3.18. The third-order valence-electron chi connectivity index (χ3n) is 3.18. The van der Waals surface area contributed by atoms with Crippen LogP contribution in [0.4, 0.5) is 5.69 Å². The number of hydrogen-bond acceptors (Lipinski definition) is 3. The van der Waals surface area contributed by atoms with E-state index in [4.69, 9.17) is 5.11 Å². The molecule has 0 atom stereocenters. The van der Waals surface area contributed by atoms with Crippen LogP contribution in [0.2, 0.25) is 0 Å². The second-order valence-corrected chi connectivity index (χ2v) is 4.66. The van der Waals surface area contributed by atoms with Crippen LogP contribution in [-0.2, 0) is 11.2 Å². The number of nitrogens with one attached hydrogen (secondary N) is 2. The molecule has 0 unspecified atom stereocenters. The first kappa shape index (κ1) is 13.4. The number of carbonyl (C=O) groups excluding carboxylic acids is 1. The zero-order valence-corrected chi connectivity index (χ0v) is 10.7. The molecule has 1 aromatic rings. The molecule has 1 aromatic carbocycles. The van der Waals surface area contributed by atoms with Gasteiger partial charge in [0.1, 0.15) is 0 Å². The Morgan fingerprint density at radius 1 is 1.32 bits per heavy atom. The largest absolute Gasteiger partial charge is 0.481 e. The van der Waals surface area contributed by atoms with Crippen LogP contribution in [0.1, 0.15) is 35.2 Å². The highest BCUT2D eigenvalue weighted by molar-refractivity contribution is 5.95. The SMILES string of the molecule is O=C(O)CCCCNC(=O)c1ccc2c(c1)NCC2. The molecule has 0 bridgehead atoms. The summed E-state index contributed by atoms with van der Waals surface area (Å²) in [6.45, 7) is 1.44. The average Bonchev–Trinajstić information content (AvgIpc) is 2.84. The van der Waals surface area contributed by atoms with Crippen molar-refractivity contribution in [2.24, 2.45) is 0 Å². The Bertz CT molecular complexity index is 486. The molecule has 0 aliphatic carbocycles. The van der Waals surface area contributed by atoms with E-state index in [9.17, 15) is 9.59 Å². The van der Waals surface area contributed by atoms with Gasteiger partial charge in [-0.25, -0.2) is 0 Å². The molecular weight excluding hydrogens is 244 g/mol. The second kappa shape index (κ2) is 6.22. The fourth-order valence-corrected chi connectivity index (χ4v) is 2.14. The van der Waals surface area contributed by atoms with E-state index in [1.54, 1.807) is 0 Å². The Hall–Kier alpha value is -2.04. The van der Waals surface area contributed by atoms with Gasteiger partial charge < -0.3 is 15.7 Å². The van der Waals surface area contributed by atoms with Crippen LogP contribution in [0.15, 0.2) is 18.2 Å². The lowest BCUT2D eigenvalue weighted by molar-refractivity contribution is -0.137. The monoisotopic (exact) mass is 262 g/mol. The summed E-state index contributed by atoms with van der Waals surface area (Å²) in [7, 11) is 0. The fourth-order valence-electron chi connectivity index (χ4n) is 2.14. The highest BCUT2D eigenvalue weighted by Gasteiger charge is 2.12. The molecule has 1 aliphatic rings. The first-order valence-electron chi connectivity index (χ1n) is 6.53. The Kier molecular flexibility index (Phi) is 4.39. The van der Waals surface area contributed by atoms with E-state index in [2.05, 4.69) is 10.6 Å². The van der Waals surface area contributed by atoms with Crippen LogP contribution in [0, 0.1) is 0 Å². The zero-order valence-electron chi connectivity index (χ0n) is 10.7. The van der Waals surface area contributed by atoms with Crippen molar-refractivity contribution in [1.82, 2.24) is 5.32 Å². The van der Waals surface area contributed by atoms with Crippen LogP contribution < -0.4 is 10.6 Å². The van der Waals surface area contributed by atoms with Crippen molar-refractivity contribution in [3.63, 3.8) is 0 Å². The minimum absolute atomic E-state index is 0.105. The third kappa shape index (κ3) is 3.71. The predicted octanol–water partition coefficient (Wildman–Crippen LogP) is 1.64. The molecule has 1 aliphatic heterocycles. The Morgan fingerprint density at radius 2 is 2.16 bits per heavy atom. The van der Waals surface area contributed by atoms with Crippen LogP contribution in [-0.4, -0.2) is 30.1 Å². The van der Waals surface area contributed by atoms with Gasteiger partial charge in [-0.2, -0.15) is 0 Å². The lowest BCUT2D eigenvalue weighted by atomic mass is 10.1. The molecule has 0 saturated carbocycles. The number of carboxylic acid groups (broad SMARTS) is 1. The standard InChI is InChI=1S/C14H18N2O3/c17-13(18)3-1-2-7-16-14(19)11-5-4-10-6-8-15-12(10)9-11/h4-5,9,15H,1-3,6-8H2,(H,16,19)(H,17,18). The fraction of sp³-hybridized carbons (Fsp3) is 0.429. The Balaban J connectivity index is 1.78. The van der Waals surface area contributed by atoms with Gasteiger partial charge in [-0.15, -0.1) is 0 Å². The molecule has 3 N–H and O–H groups in total. The summed E-state index contributed by atoms with van der Waals surface area (Å²) in [5, 5.41) is 14.5. The summed E-state index contributed by atoms with van der Waals surface area (Å²) < 4.78 is 0. The maximum Gasteiger partial charge on any atom is 0.303 e. The van der Waals surface area contributed by atoms with Crippen LogP contribution >= 0.6 is 0 Å². The van der Waals surface area contributed by atoms with Crippen molar-refractivity contribution < 1.29 is 14.7 Å². The zero-order chi connectivity index (χ0) is 13.7. The minimum atomic E-state index is -0.795. The summed E-state index contributed by atoms with van der Waals surface area (Å²) in [6, 6.07) is 5.68. The van der Waals surface area contributed by atoms with Crippen molar-refractivity contribution in [3.05, 3.63) is 29.3 Å². The number of unbranched alkanes of at least 4 members (excludes halogenated alkanes) is 1. The molecule has 0 radical (unpaired) electrons. The summed E-state index contributed by atoms with van der Waals surface area (Å²) in [5.74, 6) is -0.900. The van der Waals surface area contributed by atoms with E-state index in [0.29, 0.717) is 24.9 Å². The molecule has 1 amide bonds. The molecule has 102 valence electrons. The molecule has 2 rings (SSSR count). The van der Waals surface area contributed by atoms with Gasteiger partial charge in [0.15, 0.2) is 0 Å². The molecule has 0 aromatic heterocycles. The van der Waals surface area contributed by atoms with Crippen molar-refractivity contribution in [2.45, 2.75) is 25.7 Å². The van der Waals surface area contributed by atoms with Crippen molar-refractivity contribution in [1.29, 1.82) is 0 Å². The number of rotatable bonds is 6. The number of fused-ring (bicyclic) bond motifs is 1. The lowest BCUT2D eigenvalue weighted by Gasteiger charge is -2.06. The summed E-state index contributed by atoms with van der Waals surface area (Å²) in [6.07, 6.45) is 2.42. The van der Waals surface area contributed by atoms with Gasteiger partial charge >= 0.3 is 5.97 Å². The normalized spacial score (nSPS) is 12.6. The van der Waals surface area contributed by atoms with Crippen LogP contribution in [0.3, 0.4) is 0 Å². The molecule has 0 saturated heterocycles. The second-order valence-electron chi connectivity index (χ2n) is 4.66. The number of anilines is 1. The Morgan fingerprint density at radius 3 is 2.95 bits per heavy atom. The topological polar surface area (TPSA) is 78.4 Å². The Labute approximate surface area is 112 Å². The number of aliphatic carboxylic acids is 1. The number of amides is 1. The van der Waals surface area contributed by atoms with E-state index in [1.165, 1.54) is 5.56 Å². The van der Waals surface area contributed by atoms with Crippen LogP contribution in [0.5, 0.6) is 0 Å². The molecule has 19 heavy (non-hydrogen) atoms. The van der Waals surface area contributed by atoms with Gasteiger partial charge in [0.05, 0.1) is 0 Å². The van der Waals surface area contributed by atoms with E-state index in [0.717, 1.165) is 18.7 Å². The smallest absolute Gasteiger partial charge is 0.303 e. The molecule has 5 nitrogen and oxygen atoms in total. The quantitative estimate of drug-likeness (QED) is 0.681. The first-order valence-corrected chi connectivity index (χ1v) is 6.53. The van der Waals surface area contributed by atoms with Crippen molar-refractivity contribution in [3.8, 4) is 0 Å².